The van der Waals surface area contributed by atoms with Crippen LogP contribution in [0.2, 0.25) is 0 Å². The molecule has 0 aliphatic heterocycles. The van der Waals surface area contributed by atoms with Gasteiger partial charge in [0.1, 0.15) is 24.0 Å². The quantitative estimate of drug-likeness (QED) is 0.209. The van der Waals surface area contributed by atoms with Crippen LogP contribution in [0.25, 0.3) is 22.8 Å². The van der Waals surface area contributed by atoms with E-state index in [0.717, 1.165) is 30.3 Å². The highest BCUT2D eigenvalue weighted by molar-refractivity contribution is 5.66. The van der Waals surface area contributed by atoms with Crippen LogP contribution in [0, 0.1) is 0 Å². The van der Waals surface area contributed by atoms with Crippen LogP contribution >= 0.6 is 0 Å². The number of anilines is 1. The average molecular weight is 633 g/mol. The maximum Gasteiger partial charge on any atom is 0.434 e. The monoisotopic (exact) mass is 632 g/mol. The predicted octanol–water partition coefficient (Wildman–Crippen LogP) is 5.53. The molecule has 238 valence electrons. The summed E-state index contributed by atoms with van der Waals surface area (Å²) >= 11 is 0. The van der Waals surface area contributed by atoms with Crippen LogP contribution in [0.4, 0.5) is 19.1 Å². The fraction of sp³-hybridized carbons (Fsp3) is 0.355. The smallest absolute Gasteiger partial charge is 0.434 e. The van der Waals surface area contributed by atoms with Crippen molar-refractivity contribution in [3.05, 3.63) is 88.2 Å². The molecule has 12 nitrogen and oxygen atoms in total. The normalized spacial score (nSPS) is 14.0. The third-order valence-corrected chi connectivity index (χ3v) is 7.81. The molecule has 1 N–H and O–H groups in total. The van der Waals surface area contributed by atoms with Crippen LogP contribution in [-0.2, 0) is 12.7 Å². The van der Waals surface area contributed by atoms with Crippen LogP contribution in [-0.4, -0.2) is 51.8 Å². The number of rotatable bonds is 10. The van der Waals surface area contributed by atoms with E-state index >= 15 is 0 Å². The second-order valence-electron chi connectivity index (χ2n) is 11.3. The highest BCUT2D eigenvalue weighted by atomic mass is 19.4. The summed E-state index contributed by atoms with van der Waals surface area (Å²) in [5.74, 6) is 1.53. The lowest BCUT2D eigenvalue weighted by Gasteiger charge is -2.29. The number of hydrogen-bond acceptors (Lipinski definition) is 10. The Bertz CT molecular complexity index is 1880. The first-order valence-corrected chi connectivity index (χ1v) is 14.7. The Labute approximate surface area is 261 Å². The van der Waals surface area contributed by atoms with Crippen molar-refractivity contribution in [3.8, 4) is 28.7 Å². The van der Waals surface area contributed by atoms with Crippen molar-refractivity contribution < 1.29 is 17.9 Å². The molecule has 6 rings (SSSR count). The molecule has 1 aliphatic carbocycles. The predicted molar refractivity (Wildman–Crippen MR) is 162 cm³/mol. The van der Waals surface area contributed by atoms with Crippen molar-refractivity contribution in [1.29, 1.82) is 0 Å². The van der Waals surface area contributed by atoms with E-state index in [1.807, 2.05) is 24.0 Å². The number of ether oxygens (including phenoxy) is 1. The number of hydrogen-bond donors (Lipinski definition) is 1. The van der Waals surface area contributed by atoms with E-state index in [1.165, 1.54) is 30.4 Å². The lowest BCUT2D eigenvalue weighted by molar-refractivity contribution is -0.140. The molecule has 1 atom stereocenters. The first-order chi connectivity index (χ1) is 22.0. The molecule has 15 heteroatoms. The minimum absolute atomic E-state index is 0.216. The van der Waals surface area contributed by atoms with Gasteiger partial charge in [-0.15, -0.1) is 0 Å². The Hall–Kier alpha value is -5.21. The van der Waals surface area contributed by atoms with E-state index in [0.29, 0.717) is 34.5 Å². The molecule has 0 bridgehead atoms. The molecule has 0 unspecified atom stereocenters. The minimum atomic E-state index is -4.56. The summed E-state index contributed by atoms with van der Waals surface area (Å²) in [6.07, 6.45) is 1.35. The Morgan fingerprint density at radius 1 is 1.00 bits per heavy atom. The van der Waals surface area contributed by atoms with Gasteiger partial charge in [-0.05, 0) is 45.2 Å². The van der Waals surface area contributed by atoms with Gasteiger partial charge in [-0.1, -0.05) is 24.3 Å². The van der Waals surface area contributed by atoms with Gasteiger partial charge in [-0.25, -0.2) is 30.0 Å². The standard InChI is InChI=1S/C31H31F3N10O2/c1-17(2)43-14-23(31(32,33)34)39-28(43)21-9-5-19(6-10-21)18(3)44(13-22-11-12-24(45)42-41-22)30-38-16-36-27(40-30)25-26(20-7-8-20)35-15-37-29(25)46-4/h5-6,9-12,14-18,20H,7-8,13H2,1-4H3,(H,42,45)/t18-/m0/s1. The summed E-state index contributed by atoms with van der Waals surface area (Å²) in [6.45, 7) is 5.77. The van der Waals surface area contributed by atoms with Crippen LogP contribution in [0.5, 0.6) is 5.88 Å². The van der Waals surface area contributed by atoms with Crippen LogP contribution in [0.1, 0.15) is 74.3 Å². The maximum atomic E-state index is 13.5. The number of halogens is 3. The summed E-state index contributed by atoms with van der Waals surface area (Å²) in [6, 6.07) is 9.58. The van der Waals surface area contributed by atoms with Gasteiger partial charge in [-0.2, -0.15) is 23.3 Å². The van der Waals surface area contributed by atoms with E-state index in [2.05, 4.69) is 35.1 Å². The molecule has 0 spiro atoms. The minimum Gasteiger partial charge on any atom is -0.480 e. The third kappa shape index (κ3) is 6.30. The van der Waals surface area contributed by atoms with Crippen LogP contribution < -0.4 is 15.2 Å². The van der Waals surface area contributed by atoms with Gasteiger partial charge in [0.2, 0.25) is 11.8 Å². The molecular formula is C31H31F3N10O2. The van der Waals surface area contributed by atoms with Crippen molar-refractivity contribution >= 4 is 5.95 Å². The van der Waals surface area contributed by atoms with Gasteiger partial charge < -0.3 is 14.2 Å². The average Bonchev–Trinajstić information content (AvgIpc) is 3.79. The molecule has 46 heavy (non-hydrogen) atoms. The Morgan fingerprint density at radius 3 is 2.37 bits per heavy atom. The lowest BCUT2D eigenvalue weighted by atomic mass is 10.0. The molecular weight excluding hydrogens is 601 g/mol. The van der Waals surface area contributed by atoms with Crippen molar-refractivity contribution in [2.45, 2.75) is 64.3 Å². The number of benzene rings is 1. The Balaban J connectivity index is 1.38. The van der Waals surface area contributed by atoms with E-state index < -0.39 is 11.9 Å². The first kappa shape index (κ1) is 30.8. The summed E-state index contributed by atoms with van der Waals surface area (Å²) in [5, 5.41) is 6.64. The molecule has 0 saturated heterocycles. The number of methoxy groups -OCH3 is 1. The molecule has 1 aliphatic rings. The van der Waals surface area contributed by atoms with Gasteiger partial charge >= 0.3 is 6.18 Å². The zero-order chi connectivity index (χ0) is 32.6. The molecule has 1 aromatic carbocycles. The number of H-pyrrole nitrogens is 1. The zero-order valence-corrected chi connectivity index (χ0v) is 25.5. The highest BCUT2D eigenvalue weighted by Crippen LogP contribution is 2.45. The van der Waals surface area contributed by atoms with E-state index in [-0.39, 0.29) is 35.9 Å². The summed E-state index contributed by atoms with van der Waals surface area (Å²) in [7, 11) is 1.53. The molecule has 1 fully saturated rings. The second kappa shape index (κ2) is 12.3. The van der Waals surface area contributed by atoms with Crippen molar-refractivity contribution in [3.63, 3.8) is 0 Å². The zero-order valence-electron chi connectivity index (χ0n) is 25.5. The van der Waals surface area contributed by atoms with Gasteiger partial charge in [0, 0.05) is 29.8 Å². The maximum absolute atomic E-state index is 13.5. The van der Waals surface area contributed by atoms with Gasteiger partial charge in [-0.3, -0.25) is 4.79 Å². The largest absolute Gasteiger partial charge is 0.480 e. The number of aromatic amines is 1. The summed E-state index contributed by atoms with van der Waals surface area (Å²) in [5.41, 5.74) is 2.07. The fourth-order valence-corrected chi connectivity index (χ4v) is 5.20. The van der Waals surface area contributed by atoms with Crippen molar-refractivity contribution in [1.82, 2.24) is 44.7 Å². The molecule has 1 saturated carbocycles. The first-order valence-electron chi connectivity index (χ1n) is 14.7. The van der Waals surface area contributed by atoms with Gasteiger partial charge in [0.15, 0.2) is 11.5 Å². The Kier molecular flexibility index (Phi) is 8.23. The summed E-state index contributed by atoms with van der Waals surface area (Å²) < 4.78 is 47.5. The summed E-state index contributed by atoms with van der Waals surface area (Å²) in [4.78, 5) is 40.1. The number of nitrogens with zero attached hydrogens (tertiary/aromatic N) is 9. The number of alkyl halides is 3. The van der Waals surface area contributed by atoms with Gasteiger partial charge in [0.25, 0.3) is 5.56 Å². The molecule has 4 aromatic heterocycles. The third-order valence-electron chi connectivity index (χ3n) is 7.81. The molecule has 0 radical (unpaired) electrons. The van der Waals surface area contributed by atoms with Crippen molar-refractivity contribution in [2.24, 2.45) is 0 Å². The Morgan fingerprint density at radius 2 is 1.74 bits per heavy atom. The van der Waals surface area contributed by atoms with Crippen molar-refractivity contribution in [2.75, 3.05) is 12.0 Å². The van der Waals surface area contributed by atoms with Crippen LogP contribution in [0.3, 0.4) is 0 Å². The van der Waals surface area contributed by atoms with Crippen LogP contribution in [0.15, 0.2) is 60.0 Å². The molecule has 5 aromatic rings. The second-order valence-corrected chi connectivity index (χ2v) is 11.3. The number of imidazole rings is 1. The van der Waals surface area contributed by atoms with E-state index in [1.54, 1.807) is 32.0 Å². The molecule has 4 heterocycles. The fourth-order valence-electron chi connectivity index (χ4n) is 5.20. The van der Waals surface area contributed by atoms with Gasteiger partial charge in [0.05, 0.1) is 31.1 Å². The number of aromatic nitrogens is 9. The van der Waals surface area contributed by atoms with E-state index in [4.69, 9.17) is 9.72 Å². The number of nitrogens with one attached hydrogen (secondary N) is 1. The lowest BCUT2D eigenvalue weighted by Crippen LogP contribution is -2.29. The molecule has 0 amide bonds. The highest BCUT2D eigenvalue weighted by Gasteiger charge is 2.35. The SMILES string of the molecule is COc1ncnc(C2CC2)c1-c1ncnc(N(Cc2ccc(=O)[nH]n2)[C@@H](C)c2ccc(-c3nc(C(F)(F)F)cn3C(C)C)cc2)n1. The topological polar surface area (TPSA) is 140 Å². The van der Waals surface area contributed by atoms with E-state index in [9.17, 15) is 18.0 Å².